The number of carbonyl (C=O) groups is 1. The number of methoxy groups -OCH3 is 1. The van der Waals surface area contributed by atoms with Crippen molar-refractivity contribution in [3.8, 4) is 5.75 Å². The molecule has 1 aliphatic rings. The third-order valence-corrected chi connectivity index (χ3v) is 4.14. The zero-order valence-electron chi connectivity index (χ0n) is 14.7. The molecule has 2 unspecified atom stereocenters. The predicted octanol–water partition coefficient (Wildman–Crippen LogP) is 2.70. The average molecular weight is 357 g/mol. The third-order valence-electron chi connectivity index (χ3n) is 4.14. The summed E-state index contributed by atoms with van der Waals surface area (Å²) in [6, 6.07) is 7.85. The minimum atomic E-state index is -0.00191. The number of hydrogen-bond donors (Lipinski definition) is 2. The maximum Gasteiger partial charge on any atom is 0.234 e. The van der Waals surface area contributed by atoms with E-state index in [1.54, 1.807) is 7.11 Å². The van der Waals surface area contributed by atoms with E-state index in [0.29, 0.717) is 12.5 Å². The summed E-state index contributed by atoms with van der Waals surface area (Å²) < 4.78 is 10.7. The van der Waals surface area contributed by atoms with Gasteiger partial charge in [-0.1, -0.05) is 26.0 Å². The summed E-state index contributed by atoms with van der Waals surface area (Å²) in [6.07, 6.45) is 2.45. The Labute approximate surface area is 150 Å². The molecule has 1 saturated heterocycles. The van der Waals surface area contributed by atoms with Crippen molar-refractivity contribution in [1.82, 2.24) is 10.6 Å². The molecule has 0 radical (unpaired) electrons. The molecule has 136 valence electrons. The number of halogens is 1. The summed E-state index contributed by atoms with van der Waals surface area (Å²) in [5.74, 6) is 1.14. The van der Waals surface area contributed by atoms with Crippen LogP contribution in [0.5, 0.6) is 5.75 Å². The molecule has 1 heterocycles. The van der Waals surface area contributed by atoms with Gasteiger partial charge in [-0.2, -0.15) is 0 Å². The number of rotatable bonds is 8. The van der Waals surface area contributed by atoms with Crippen LogP contribution in [0.3, 0.4) is 0 Å². The standard InChI is InChI=1S/C18H28N2O3.ClH/c1-13(2)18(14-6-8-15(22-3)9-7-14)20-17(21)12-19-11-16-5-4-10-23-16;/h6-9,13,16,18-19H,4-5,10-12H2,1-3H3,(H,20,21);1H. The Morgan fingerprint density at radius 1 is 1.33 bits per heavy atom. The van der Waals surface area contributed by atoms with Gasteiger partial charge >= 0.3 is 0 Å². The van der Waals surface area contributed by atoms with Crippen LogP contribution in [0, 0.1) is 5.92 Å². The molecule has 1 aromatic rings. The van der Waals surface area contributed by atoms with Crippen LogP contribution < -0.4 is 15.4 Å². The number of carbonyl (C=O) groups excluding carboxylic acids is 1. The highest BCUT2D eigenvalue weighted by atomic mass is 35.5. The van der Waals surface area contributed by atoms with E-state index < -0.39 is 0 Å². The van der Waals surface area contributed by atoms with Gasteiger partial charge in [0, 0.05) is 13.2 Å². The van der Waals surface area contributed by atoms with Crippen molar-refractivity contribution in [1.29, 1.82) is 0 Å². The largest absolute Gasteiger partial charge is 0.497 e. The van der Waals surface area contributed by atoms with Crippen LogP contribution in [0.25, 0.3) is 0 Å². The minimum absolute atomic E-state index is 0. The molecule has 0 saturated carbocycles. The molecule has 1 fully saturated rings. The molecule has 0 bridgehead atoms. The first kappa shape index (κ1) is 20.7. The van der Waals surface area contributed by atoms with Crippen molar-refractivity contribution >= 4 is 18.3 Å². The van der Waals surface area contributed by atoms with E-state index in [-0.39, 0.29) is 30.5 Å². The second-order valence-electron chi connectivity index (χ2n) is 6.33. The summed E-state index contributed by atoms with van der Waals surface area (Å²) >= 11 is 0. The quantitative estimate of drug-likeness (QED) is 0.752. The van der Waals surface area contributed by atoms with E-state index in [0.717, 1.165) is 37.3 Å². The zero-order chi connectivity index (χ0) is 16.7. The van der Waals surface area contributed by atoms with Gasteiger partial charge in [-0.3, -0.25) is 4.79 Å². The van der Waals surface area contributed by atoms with E-state index in [4.69, 9.17) is 9.47 Å². The van der Waals surface area contributed by atoms with Gasteiger partial charge in [0.1, 0.15) is 5.75 Å². The molecule has 24 heavy (non-hydrogen) atoms. The lowest BCUT2D eigenvalue weighted by molar-refractivity contribution is -0.121. The Bertz CT molecular complexity index is 488. The van der Waals surface area contributed by atoms with Crippen molar-refractivity contribution in [3.05, 3.63) is 29.8 Å². The molecular weight excluding hydrogens is 328 g/mol. The summed E-state index contributed by atoms with van der Waals surface area (Å²) in [4.78, 5) is 12.2. The maximum atomic E-state index is 12.2. The van der Waals surface area contributed by atoms with Crippen LogP contribution in [-0.2, 0) is 9.53 Å². The Morgan fingerprint density at radius 2 is 2.04 bits per heavy atom. The Hall–Kier alpha value is -1.30. The highest BCUT2D eigenvalue weighted by Gasteiger charge is 2.19. The fraction of sp³-hybridized carbons (Fsp3) is 0.611. The van der Waals surface area contributed by atoms with Crippen molar-refractivity contribution in [2.24, 2.45) is 5.92 Å². The van der Waals surface area contributed by atoms with E-state index in [2.05, 4.69) is 24.5 Å². The topological polar surface area (TPSA) is 59.6 Å². The first-order valence-electron chi connectivity index (χ1n) is 8.35. The predicted molar refractivity (Wildman–Crippen MR) is 97.8 cm³/mol. The molecule has 1 aromatic carbocycles. The van der Waals surface area contributed by atoms with Crippen LogP contribution in [0.2, 0.25) is 0 Å². The van der Waals surface area contributed by atoms with Crippen molar-refractivity contribution in [2.75, 3.05) is 26.8 Å². The average Bonchev–Trinajstić information content (AvgIpc) is 3.06. The monoisotopic (exact) mass is 356 g/mol. The molecule has 5 nitrogen and oxygen atoms in total. The number of nitrogens with one attached hydrogen (secondary N) is 2. The molecule has 0 aliphatic carbocycles. The highest BCUT2D eigenvalue weighted by molar-refractivity contribution is 5.85. The van der Waals surface area contributed by atoms with E-state index in [9.17, 15) is 4.79 Å². The number of amides is 1. The second-order valence-corrected chi connectivity index (χ2v) is 6.33. The number of ether oxygens (including phenoxy) is 2. The van der Waals surface area contributed by atoms with Crippen molar-refractivity contribution < 1.29 is 14.3 Å². The molecule has 6 heteroatoms. The summed E-state index contributed by atoms with van der Waals surface area (Å²) in [5, 5.41) is 6.30. The number of benzene rings is 1. The molecule has 0 spiro atoms. The van der Waals surface area contributed by atoms with Crippen LogP contribution in [-0.4, -0.2) is 38.8 Å². The van der Waals surface area contributed by atoms with Crippen LogP contribution in [0.1, 0.15) is 38.3 Å². The lowest BCUT2D eigenvalue weighted by Crippen LogP contribution is -2.40. The minimum Gasteiger partial charge on any atom is -0.497 e. The van der Waals surface area contributed by atoms with Crippen LogP contribution in [0.15, 0.2) is 24.3 Å². The van der Waals surface area contributed by atoms with Crippen molar-refractivity contribution in [3.63, 3.8) is 0 Å². The molecule has 2 N–H and O–H groups in total. The molecule has 1 amide bonds. The first-order chi connectivity index (χ1) is 11.1. The van der Waals surface area contributed by atoms with Gasteiger partial charge in [-0.05, 0) is 36.5 Å². The SMILES string of the molecule is COc1ccc(C(NC(=O)CNCC2CCCO2)C(C)C)cc1.Cl. The van der Waals surface area contributed by atoms with Crippen molar-refractivity contribution in [2.45, 2.75) is 38.8 Å². The van der Waals surface area contributed by atoms with Gasteiger partial charge < -0.3 is 20.1 Å². The Kier molecular flexibility index (Phi) is 9.11. The zero-order valence-corrected chi connectivity index (χ0v) is 15.5. The lowest BCUT2D eigenvalue weighted by atomic mass is 9.96. The summed E-state index contributed by atoms with van der Waals surface area (Å²) in [5.41, 5.74) is 1.09. The summed E-state index contributed by atoms with van der Waals surface area (Å²) in [6.45, 7) is 6.11. The van der Waals surface area contributed by atoms with Crippen LogP contribution in [0.4, 0.5) is 0 Å². The van der Waals surface area contributed by atoms with Crippen LogP contribution >= 0.6 is 12.4 Å². The molecule has 2 rings (SSSR count). The molecule has 0 aromatic heterocycles. The molecular formula is C18H29ClN2O3. The molecule has 2 atom stereocenters. The first-order valence-corrected chi connectivity index (χ1v) is 8.35. The normalized spacial score (nSPS) is 18.1. The smallest absolute Gasteiger partial charge is 0.234 e. The third kappa shape index (κ3) is 6.30. The lowest BCUT2D eigenvalue weighted by Gasteiger charge is -2.23. The fourth-order valence-electron chi connectivity index (χ4n) is 2.82. The van der Waals surface area contributed by atoms with Gasteiger partial charge in [0.25, 0.3) is 0 Å². The Balaban J connectivity index is 0.00000288. The fourth-order valence-corrected chi connectivity index (χ4v) is 2.82. The maximum absolute atomic E-state index is 12.2. The van der Waals surface area contributed by atoms with E-state index in [1.807, 2.05) is 24.3 Å². The molecule has 1 aliphatic heterocycles. The van der Waals surface area contributed by atoms with Gasteiger partial charge in [-0.15, -0.1) is 12.4 Å². The number of hydrogen-bond acceptors (Lipinski definition) is 4. The van der Waals surface area contributed by atoms with Gasteiger partial charge in [-0.25, -0.2) is 0 Å². The van der Waals surface area contributed by atoms with Gasteiger partial charge in [0.2, 0.25) is 5.91 Å². The van der Waals surface area contributed by atoms with Gasteiger partial charge in [0.15, 0.2) is 0 Å². The van der Waals surface area contributed by atoms with E-state index >= 15 is 0 Å². The van der Waals surface area contributed by atoms with E-state index in [1.165, 1.54) is 0 Å². The second kappa shape index (κ2) is 10.5. The highest BCUT2D eigenvalue weighted by Crippen LogP contribution is 2.23. The summed E-state index contributed by atoms with van der Waals surface area (Å²) in [7, 11) is 1.65. The van der Waals surface area contributed by atoms with Gasteiger partial charge in [0.05, 0.1) is 25.8 Å². The Morgan fingerprint density at radius 3 is 2.58 bits per heavy atom.